The third-order valence-electron chi connectivity index (χ3n) is 7.17. The van der Waals surface area contributed by atoms with Crippen LogP contribution in [0.25, 0.3) is 11.4 Å². The van der Waals surface area contributed by atoms with E-state index in [9.17, 15) is 13.2 Å². The number of hydrogen-bond donors (Lipinski definition) is 1. The molecule has 1 aliphatic heterocycles. The molecule has 2 aromatic heterocycles. The minimum Gasteiger partial charge on any atom is -0.410 e. The standard InChI is InChI=1S/C27H31N5O5S/c1-19-18-36-15-14-32(19)24-16-22(27(38(2,34)35)12-6-7-13-27)29-25(31-24)20-10-11-23(28-17-20)30-26(33)37-21-8-4-3-5-9-21/h3-5,8-11,16-17,19H,6-7,12-15,18H2,1-2H3,(H,28,30,33)/t19-/m0/s1. The molecule has 1 N–H and O–H groups in total. The molecular weight excluding hydrogens is 506 g/mol. The number of ether oxygens (including phenoxy) is 2. The number of carbonyl (C=O) groups is 1. The van der Waals surface area contributed by atoms with Gasteiger partial charge in [0.05, 0.1) is 24.9 Å². The van der Waals surface area contributed by atoms with Gasteiger partial charge in [0, 0.05) is 30.6 Å². The lowest BCUT2D eigenvalue weighted by molar-refractivity contribution is 0.0985. The Morgan fingerprint density at radius 1 is 1.13 bits per heavy atom. The Hall–Kier alpha value is -3.57. The van der Waals surface area contributed by atoms with Crippen molar-refractivity contribution in [3.63, 3.8) is 0 Å². The van der Waals surface area contributed by atoms with Crippen molar-refractivity contribution in [1.29, 1.82) is 0 Å². The fourth-order valence-corrected chi connectivity index (χ4v) is 6.62. The molecule has 5 rings (SSSR count). The van der Waals surface area contributed by atoms with E-state index in [2.05, 4.69) is 22.1 Å². The second kappa shape index (κ2) is 10.7. The highest BCUT2D eigenvalue weighted by atomic mass is 32.2. The largest absolute Gasteiger partial charge is 0.418 e. The summed E-state index contributed by atoms with van der Waals surface area (Å²) in [6.07, 6.45) is 4.93. The summed E-state index contributed by atoms with van der Waals surface area (Å²) in [4.78, 5) is 28.3. The minimum absolute atomic E-state index is 0.0810. The number of rotatable bonds is 6. The van der Waals surface area contributed by atoms with Crippen molar-refractivity contribution in [2.45, 2.75) is 43.4 Å². The first-order chi connectivity index (χ1) is 18.2. The van der Waals surface area contributed by atoms with Gasteiger partial charge in [0.15, 0.2) is 15.7 Å². The van der Waals surface area contributed by atoms with Gasteiger partial charge < -0.3 is 14.4 Å². The topological polar surface area (TPSA) is 124 Å². The van der Waals surface area contributed by atoms with Gasteiger partial charge in [-0.25, -0.2) is 28.2 Å². The maximum atomic E-state index is 13.1. The maximum absolute atomic E-state index is 13.1. The first kappa shape index (κ1) is 26.1. The molecule has 3 heterocycles. The molecule has 1 saturated carbocycles. The highest BCUT2D eigenvalue weighted by Gasteiger charge is 2.47. The molecule has 0 spiro atoms. The summed E-state index contributed by atoms with van der Waals surface area (Å²) in [6, 6.07) is 14.0. The van der Waals surface area contributed by atoms with Crippen molar-refractivity contribution in [1.82, 2.24) is 15.0 Å². The van der Waals surface area contributed by atoms with Crippen LogP contribution in [-0.4, -0.2) is 61.5 Å². The third kappa shape index (κ3) is 5.34. The molecule has 0 bridgehead atoms. The van der Waals surface area contributed by atoms with Gasteiger partial charge in [0.25, 0.3) is 0 Å². The molecular formula is C27H31N5O5S. The second-order valence-corrected chi connectivity index (χ2v) is 12.1. The number of para-hydroxylation sites is 1. The number of carbonyl (C=O) groups excluding carboxylic acids is 1. The second-order valence-electron chi connectivity index (χ2n) is 9.79. The van der Waals surface area contributed by atoms with Gasteiger partial charge in [-0.15, -0.1) is 0 Å². The molecule has 1 saturated heterocycles. The zero-order valence-electron chi connectivity index (χ0n) is 21.5. The van der Waals surface area contributed by atoms with Crippen molar-refractivity contribution < 1.29 is 22.7 Å². The summed E-state index contributed by atoms with van der Waals surface area (Å²) >= 11 is 0. The number of amides is 1. The Balaban J connectivity index is 1.47. The lowest BCUT2D eigenvalue weighted by Crippen LogP contribution is -2.44. The number of benzene rings is 1. The molecule has 2 fully saturated rings. The van der Waals surface area contributed by atoms with Crippen molar-refractivity contribution >= 4 is 27.6 Å². The number of sulfone groups is 1. The predicted molar refractivity (Wildman–Crippen MR) is 144 cm³/mol. The van der Waals surface area contributed by atoms with E-state index in [-0.39, 0.29) is 6.04 Å². The van der Waals surface area contributed by atoms with Crippen molar-refractivity contribution in [2.75, 3.05) is 36.2 Å². The van der Waals surface area contributed by atoms with Crippen LogP contribution in [-0.2, 0) is 19.3 Å². The highest BCUT2D eigenvalue weighted by molar-refractivity contribution is 7.91. The molecule has 2 aliphatic rings. The van der Waals surface area contributed by atoms with Crippen LogP contribution >= 0.6 is 0 Å². The van der Waals surface area contributed by atoms with Gasteiger partial charge in [-0.3, -0.25) is 5.32 Å². The molecule has 1 aromatic carbocycles. The van der Waals surface area contributed by atoms with E-state index >= 15 is 0 Å². The van der Waals surface area contributed by atoms with E-state index in [1.165, 1.54) is 6.26 Å². The summed E-state index contributed by atoms with van der Waals surface area (Å²) in [6.45, 7) is 3.83. The van der Waals surface area contributed by atoms with E-state index in [1.54, 1.807) is 42.6 Å². The monoisotopic (exact) mass is 537 g/mol. The molecule has 10 nitrogen and oxygen atoms in total. The Morgan fingerprint density at radius 3 is 2.55 bits per heavy atom. The average molecular weight is 538 g/mol. The predicted octanol–water partition coefficient (Wildman–Crippen LogP) is 4.19. The Kier molecular flexibility index (Phi) is 7.31. The van der Waals surface area contributed by atoms with E-state index < -0.39 is 20.7 Å². The van der Waals surface area contributed by atoms with E-state index in [1.807, 2.05) is 12.1 Å². The fourth-order valence-electron chi connectivity index (χ4n) is 5.10. The number of nitrogens with zero attached hydrogens (tertiary/aromatic N) is 4. The van der Waals surface area contributed by atoms with Crippen LogP contribution in [0.15, 0.2) is 54.7 Å². The molecule has 0 radical (unpaired) electrons. The SMILES string of the molecule is C[C@H]1COCCN1c1cc(C2(S(C)(=O)=O)CCCC2)nc(-c2ccc(NC(=O)Oc3ccccc3)nc2)n1. The quantitative estimate of drug-likeness (QED) is 0.493. The number of hydrogen-bond acceptors (Lipinski definition) is 9. The van der Waals surface area contributed by atoms with Gasteiger partial charge >= 0.3 is 6.09 Å². The molecule has 3 aromatic rings. The van der Waals surface area contributed by atoms with Gasteiger partial charge in [-0.2, -0.15) is 0 Å². The molecule has 1 aliphatic carbocycles. The molecule has 0 unspecified atom stereocenters. The molecule has 1 atom stereocenters. The first-order valence-corrected chi connectivity index (χ1v) is 14.6. The Labute approximate surface area is 222 Å². The van der Waals surface area contributed by atoms with E-state index in [4.69, 9.17) is 19.4 Å². The zero-order valence-corrected chi connectivity index (χ0v) is 22.3. The van der Waals surface area contributed by atoms with Crippen LogP contribution in [0.2, 0.25) is 0 Å². The maximum Gasteiger partial charge on any atom is 0.418 e. The number of aromatic nitrogens is 3. The normalized spacial score (nSPS) is 19.2. The summed E-state index contributed by atoms with van der Waals surface area (Å²) in [5.41, 5.74) is 1.13. The summed E-state index contributed by atoms with van der Waals surface area (Å²) in [5.74, 6) is 1.78. The highest BCUT2D eigenvalue weighted by Crippen LogP contribution is 2.45. The minimum atomic E-state index is -3.43. The third-order valence-corrected chi connectivity index (χ3v) is 9.20. The van der Waals surface area contributed by atoms with Crippen LogP contribution < -0.4 is 15.0 Å². The van der Waals surface area contributed by atoms with Gasteiger partial charge in [-0.1, -0.05) is 31.0 Å². The number of anilines is 2. The summed E-state index contributed by atoms with van der Waals surface area (Å²) in [5, 5.41) is 2.61. The molecule has 38 heavy (non-hydrogen) atoms. The van der Waals surface area contributed by atoms with Gasteiger partial charge in [0.1, 0.15) is 22.1 Å². The van der Waals surface area contributed by atoms with Crippen molar-refractivity contribution in [3.8, 4) is 17.1 Å². The first-order valence-electron chi connectivity index (χ1n) is 12.7. The Bertz CT molecular complexity index is 1390. The summed E-state index contributed by atoms with van der Waals surface area (Å²) < 4.78 is 36.0. The van der Waals surface area contributed by atoms with Crippen LogP contribution in [0, 0.1) is 0 Å². The number of pyridine rings is 1. The zero-order chi connectivity index (χ0) is 26.8. The van der Waals surface area contributed by atoms with Crippen LogP contribution in [0.3, 0.4) is 0 Å². The van der Waals surface area contributed by atoms with Crippen LogP contribution in [0.1, 0.15) is 38.3 Å². The van der Waals surface area contributed by atoms with Crippen molar-refractivity contribution in [2.24, 2.45) is 0 Å². The lowest BCUT2D eigenvalue weighted by Gasteiger charge is -2.35. The summed E-state index contributed by atoms with van der Waals surface area (Å²) in [7, 11) is -3.43. The van der Waals surface area contributed by atoms with Gasteiger partial charge in [-0.05, 0) is 44.0 Å². The van der Waals surface area contributed by atoms with Crippen LogP contribution in [0.5, 0.6) is 5.75 Å². The van der Waals surface area contributed by atoms with Crippen molar-refractivity contribution in [3.05, 3.63) is 60.4 Å². The van der Waals surface area contributed by atoms with E-state index in [0.29, 0.717) is 67.1 Å². The molecule has 1 amide bonds. The number of morpholine rings is 1. The average Bonchev–Trinajstić information content (AvgIpc) is 3.42. The fraction of sp³-hybridized carbons (Fsp3) is 0.407. The smallest absolute Gasteiger partial charge is 0.410 e. The molecule has 11 heteroatoms. The van der Waals surface area contributed by atoms with Crippen LogP contribution in [0.4, 0.5) is 16.4 Å². The lowest BCUT2D eigenvalue weighted by atomic mass is 10.0. The number of nitrogens with one attached hydrogen (secondary N) is 1. The van der Waals surface area contributed by atoms with E-state index in [0.717, 1.165) is 12.8 Å². The van der Waals surface area contributed by atoms with Gasteiger partial charge in [0.2, 0.25) is 0 Å². The Morgan fingerprint density at radius 2 is 1.89 bits per heavy atom. The molecule has 200 valence electrons.